The fourth-order valence-corrected chi connectivity index (χ4v) is 0.783. The van der Waals surface area contributed by atoms with E-state index in [4.69, 9.17) is 5.26 Å². The first kappa shape index (κ1) is 11.8. The summed E-state index contributed by atoms with van der Waals surface area (Å²) in [6.07, 6.45) is -0.789. The topological polar surface area (TPSA) is 50.1 Å². The van der Waals surface area contributed by atoms with Crippen LogP contribution in [-0.4, -0.2) is 18.5 Å². The van der Waals surface area contributed by atoms with Gasteiger partial charge in [-0.25, -0.2) is 8.78 Å². The highest BCUT2D eigenvalue weighted by molar-refractivity contribution is 5.75. The minimum absolute atomic E-state index is 0.0896. The van der Waals surface area contributed by atoms with Gasteiger partial charge >= 0.3 is 5.97 Å². The van der Waals surface area contributed by atoms with Gasteiger partial charge < -0.3 is 4.74 Å². The summed E-state index contributed by atoms with van der Waals surface area (Å²) in [5.41, 5.74) is 0. The molecule has 0 aromatic rings. The van der Waals surface area contributed by atoms with Gasteiger partial charge in [0.25, 0.3) is 0 Å². The SMILES string of the molecule is CCOC(=O)C(C#N)CC(C)(F)F. The molecule has 13 heavy (non-hydrogen) atoms. The van der Waals surface area contributed by atoms with E-state index in [9.17, 15) is 13.6 Å². The average molecular weight is 191 g/mol. The number of nitrogens with zero attached hydrogens (tertiary/aromatic N) is 1. The van der Waals surface area contributed by atoms with Gasteiger partial charge in [-0.05, 0) is 13.8 Å². The van der Waals surface area contributed by atoms with Crippen LogP contribution < -0.4 is 0 Å². The number of ether oxygens (including phenoxy) is 1. The van der Waals surface area contributed by atoms with Crippen LogP contribution in [0.4, 0.5) is 8.78 Å². The van der Waals surface area contributed by atoms with Crippen LogP contribution >= 0.6 is 0 Å². The second-order valence-electron chi connectivity index (χ2n) is 2.71. The lowest BCUT2D eigenvalue weighted by Gasteiger charge is -2.13. The standard InChI is InChI=1S/C8H11F2NO2/c1-3-13-7(12)6(5-11)4-8(2,9)10/h6H,3-4H2,1-2H3. The molecule has 0 aromatic carbocycles. The molecule has 0 spiro atoms. The molecule has 0 aliphatic carbocycles. The smallest absolute Gasteiger partial charge is 0.323 e. The highest BCUT2D eigenvalue weighted by Crippen LogP contribution is 2.22. The molecule has 0 aliphatic heterocycles. The van der Waals surface area contributed by atoms with Gasteiger partial charge in [0.1, 0.15) is 5.92 Å². The van der Waals surface area contributed by atoms with E-state index in [1.165, 1.54) is 6.07 Å². The van der Waals surface area contributed by atoms with Crippen LogP contribution in [0.2, 0.25) is 0 Å². The summed E-state index contributed by atoms with van der Waals surface area (Å²) in [6, 6.07) is 1.49. The number of carbonyl (C=O) groups excluding carboxylic acids is 1. The highest BCUT2D eigenvalue weighted by Gasteiger charge is 2.31. The number of esters is 1. The van der Waals surface area contributed by atoms with E-state index in [1.807, 2.05) is 0 Å². The maximum absolute atomic E-state index is 12.4. The molecule has 0 aliphatic rings. The molecular weight excluding hydrogens is 180 g/mol. The van der Waals surface area contributed by atoms with Crippen molar-refractivity contribution in [1.29, 1.82) is 5.26 Å². The minimum atomic E-state index is -3.02. The third kappa shape index (κ3) is 5.12. The van der Waals surface area contributed by atoms with Gasteiger partial charge in [0.15, 0.2) is 0 Å². The van der Waals surface area contributed by atoms with E-state index in [2.05, 4.69) is 4.74 Å². The molecule has 0 amide bonds. The average Bonchev–Trinajstić information content (AvgIpc) is 1.99. The molecule has 3 nitrogen and oxygen atoms in total. The zero-order chi connectivity index (χ0) is 10.5. The molecule has 0 N–H and O–H groups in total. The monoisotopic (exact) mass is 191 g/mol. The number of alkyl halides is 2. The van der Waals surface area contributed by atoms with Crippen molar-refractivity contribution in [2.75, 3.05) is 6.61 Å². The minimum Gasteiger partial charge on any atom is -0.465 e. The molecule has 0 bridgehead atoms. The lowest BCUT2D eigenvalue weighted by Crippen LogP contribution is -2.23. The first-order chi connectivity index (χ1) is 5.90. The molecule has 1 unspecified atom stereocenters. The first-order valence-electron chi connectivity index (χ1n) is 3.84. The summed E-state index contributed by atoms with van der Waals surface area (Å²) in [6.45, 7) is 2.30. The Morgan fingerprint density at radius 2 is 2.23 bits per heavy atom. The molecule has 5 heteroatoms. The molecule has 0 fully saturated rings. The highest BCUT2D eigenvalue weighted by atomic mass is 19.3. The number of carbonyl (C=O) groups is 1. The van der Waals surface area contributed by atoms with Crippen molar-refractivity contribution in [1.82, 2.24) is 0 Å². The molecule has 74 valence electrons. The van der Waals surface area contributed by atoms with Crippen molar-refractivity contribution in [2.45, 2.75) is 26.2 Å². The quantitative estimate of drug-likeness (QED) is 0.636. The van der Waals surface area contributed by atoms with Crippen LogP contribution in [0.1, 0.15) is 20.3 Å². The van der Waals surface area contributed by atoms with Gasteiger partial charge in [0.2, 0.25) is 5.92 Å². The molecule has 0 rings (SSSR count). The van der Waals surface area contributed by atoms with Gasteiger partial charge in [0, 0.05) is 6.42 Å². The van der Waals surface area contributed by atoms with Crippen molar-refractivity contribution in [3.05, 3.63) is 0 Å². The van der Waals surface area contributed by atoms with Crippen LogP contribution in [-0.2, 0) is 9.53 Å². The Balaban J connectivity index is 4.21. The van der Waals surface area contributed by atoms with Crippen LogP contribution in [0, 0.1) is 17.2 Å². The van der Waals surface area contributed by atoms with Crippen LogP contribution in [0.25, 0.3) is 0 Å². The Labute approximate surface area is 75.3 Å². The third-order valence-electron chi connectivity index (χ3n) is 1.29. The fourth-order valence-electron chi connectivity index (χ4n) is 0.783. The Kier molecular flexibility index (Phi) is 4.32. The van der Waals surface area contributed by atoms with Crippen molar-refractivity contribution in [3.63, 3.8) is 0 Å². The molecular formula is C8H11F2NO2. The predicted octanol–water partition coefficient (Wildman–Crippen LogP) is 1.73. The maximum atomic E-state index is 12.4. The second-order valence-corrected chi connectivity index (χ2v) is 2.71. The van der Waals surface area contributed by atoms with Crippen molar-refractivity contribution in [2.24, 2.45) is 5.92 Å². The molecule has 0 saturated heterocycles. The summed E-state index contributed by atoms with van der Waals surface area (Å²) >= 11 is 0. The van der Waals surface area contributed by atoms with E-state index in [0.29, 0.717) is 6.92 Å². The Hall–Kier alpha value is -1.18. The summed E-state index contributed by atoms with van der Waals surface area (Å²) in [5.74, 6) is -5.28. The molecule has 0 radical (unpaired) electrons. The Morgan fingerprint density at radius 1 is 1.69 bits per heavy atom. The number of hydrogen-bond donors (Lipinski definition) is 0. The molecule has 1 atom stereocenters. The second kappa shape index (κ2) is 4.75. The maximum Gasteiger partial charge on any atom is 0.323 e. The number of nitriles is 1. The number of halogens is 2. The van der Waals surface area contributed by atoms with Crippen LogP contribution in [0.15, 0.2) is 0 Å². The Bertz CT molecular complexity index is 217. The summed E-state index contributed by atoms with van der Waals surface area (Å²) in [4.78, 5) is 10.9. The van der Waals surface area contributed by atoms with Crippen LogP contribution in [0.5, 0.6) is 0 Å². The van der Waals surface area contributed by atoms with Gasteiger partial charge in [-0.3, -0.25) is 4.79 Å². The van der Waals surface area contributed by atoms with Crippen LogP contribution in [0.3, 0.4) is 0 Å². The van der Waals surface area contributed by atoms with Gasteiger partial charge in [-0.2, -0.15) is 5.26 Å². The normalized spacial score (nSPS) is 13.2. The van der Waals surface area contributed by atoms with E-state index in [0.717, 1.165) is 0 Å². The zero-order valence-electron chi connectivity index (χ0n) is 7.51. The number of hydrogen-bond acceptors (Lipinski definition) is 3. The zero-order valence-corrected chi connectivity index (χ0v) is 7.51. The Morgan fingerprint density at radius 3 is 2.54 bits per heavy atom. The number of rotatable bonds is 4. The van der Waals surface area contributed by atoms with E-state index >= 15 is 0 Å². The molecule has 0 saturated carbocycles. The van der Waals surface area contributed by atoms with Gasteiger partial charge in [-0.1, -0.05) is 0 Å². The molecule has 0 heterocycles. The summed E-state index contributed by atoms with van der Waals surface area (Å²) in [5, 5.41) is 8.40. The van der Waals surface area contributed by atoms with E-state index in [1.54, 1.807) is 6.92 Å². The van der Waals surface area contributed by atoms with Crippen molar-refractivity contribution in [3.8, 4) is 6.07 Å². The van der Waals surface area contributed by atoms with Crippen molar-refractivity contribution >= 4 is 5.97 Å². The summed E-state index contributed by atoms with van der Waals surface area (Å²) in [7, 11) is 0. The van der Waals surface area contributed by atoms with E-state index < -0.39 is 24.2 Å². The largest absolute Gasteiger partial charge is 0.465 e. The third-order valence-corrected chi connectivity index (χ3v) is 1.29. The lowest BCUT2D eigenvalue weighted by atomic mass is 10.0. The first-order valence-corrected chi connectivity index (χ1v) is 3.84. The predicted molar refractivity (Wildman–Crippen MR) is 41.0 cm³/mol. The van der Waals surface area contributed by atoms with E-state index in [-0.39, 0.29) is 6.61 Å². The molecule has 0 aromatic heterocycles. The fraction of sp³-hybridized carbons (Fsp3) is 0.750. The van der Waals surface area contributed by atoms with Crippen molar-refractivity contribution < 1.29 is 18.3 Å². The van der Waals surface area contributed by atoms with Gasteiger partial charge in [-0.15, -0.1) is 0 Å². The van der Waals surface area contributed by atoms with Gasteiger partial charge in [0.05, 0.1) is 12.7 Å². The lowest BCUT2D eigenvalue weighted by molar-refractivity contribution is -0.148. The summed E-state index contributed by atoms with van der Waals surface area (Å²) < 4.78 is 29.2.